The largest absolute Gasteiger partial charge is 0.461 e. The average molecular weight is 264 g/mol. The highest BCUT2D eigenvalue weighted by atomic mass is 19.4. The van der Waals surface area contributed by atoms with Gasteiger partial charge in [-0.1, -0.05) is 0 Å². The molecule has 0 radical (unpaired) electrons. The summed E-state index contributed by atoms with van der Waals surface area (Å²) in [6, 6.07) is 1.36. The first-order valence-corrected chi connectivity index (χ1v) is 4.65. The monoisotopic (exact) mass is 264 g/mol. The number of H-pyrrole nitrogens is 1. The van der Waals surface area contributed by atoms with Crippen molar-refractivity contribution in [1.82, 2.24) is 9.97 Å². The highest BCUT2D eigenvalue weighted by Crippen LogP contribution is 2.39. The second-order valence-corrected chi connectivity index (χ2v) is 3.52. The zero-order valence-electron chi connectivity index (χ0n) is 8.55. The van der Waals surface area contributed by atoms with Crippen molar-refractivity contribution in [2.75, 3.05) is 0 Å². The summed E-state index contributed by atoms with van der Waals surface area (Å²) >= 11 is 0. The predicted molar refractivity (Wildman–Crippen MR) is 51.4 cm³/mol. The molecule has 0 spiro atoms. The Morgan fingerprint density at radius 1 is 1.22 bits per heavy atom. The van der Waals surface area contributed by atoms with Gasteiger partial charge in [-0.05, 0) is 6.07 Å². The second kappa shape index (κ2) is 3.76. The zero-order chi connectivity index (χ0) is 13.6. The molecule has 3 nitrogen and oxygen atoms in total. The van der Waals surface area contributed by atoms with Crippen molar-refractivity contribution in [2.24, 2.45) is 0 Å². The van der Waals surface area contributed by atoms with Crippen molar-refractivity contribution < 1.29 is 26.7 Å². The Labute approximate surface area is 96.6 Å². The number of carbonyl (C=O) groups excluding carboxylic acids is 1. The molecule has 0 unspecified atom stereocenters. The summed E-state index contributed by atoms with van der Waals surface area (Å²) in [5, 5.41) is -0.0774. The molecule has 0 amide bonds. The van der Waals surface area contributed by atoms with Gasteiger partial charge >= 0.3 is 12.1 Å². The van der Waals surface area contributed by atoms with E-state index in [0.29, 0.717) is 0 Å². The van der Waals surface area contributed by atoms with E-state index in [-0.39, 0.29) is 10.9 Å². The van der Waals surface area contributed by atoms with Crippen LogP contribution in [0, 0.1) is 0 Å². The van der Waals surface area contributed by atoms with Gasteiger partial charge in [0.1, 0.15) is 0 Å². The molecule has 2 rings (SSSR count). The molecule has 0 aromatic carbocycles. The van der Waals surface area contributed by atoms with Crippen LogP contribution in [0.5, 0.6) is 0 Å². The fraction of sp³-hybridized carbons (Fsp3) is 0.200. The van der Waals surface area contributed by atoms with Gasteiger partial charge in [0.05, 0.1) is 5.56 Å². The maximum atomic E-state index is 12.9. The van der Waals surface area contributed by atoms with Gasteiger partial charge in [-0.25, -0.2) is 0 Å². The summed E-state index contributed by atoms with van der Waals surface area (Å²) in [6.07, 6.45) is -2.75. The Morgan fingerprint density at radius 2 is 1.89 bits per heavy atom. The molecule has 0 aliphatic carbocycles. The number of nitrogens with zero attached hydrogens (tertiary/aromatic N) is 1. The highest BCUT2D eigenvalue weighted by molar-refractivity contribution is 6.11. The Kier molecular flexibility index (Phi) is 2.60. The van der Waals surface area contributed by atoms with E-state index in [2.05, 4.69) is 9.97 Å². The maximum Gasteiger partial charge on any atom is 0.461 e. The van der Waals surface area contributed by atoms with Gasteiger partial charge in [0.2, 0.25) is 5.78 Å². The summed E-state index contributed by atoms with van der Waals surface area (Å²) in [7, 11) is 0. The van der Waals surface area contributed by atoms with E-state index in [1.807, 2.05) is 0 Å². The quantitative estimate of drug-likeness (QED) is 0.669. The van der Waals surface area contributed by atoms with E-state index < -0.39 is 23.4 Å². The van der Waals surface area contributed by atoms with Crippen LogP contribution in [0.25, 0.3) is 10.9 Å². The first kappa shape index (κ1) is 12.5. The highest BCUT2D eigenvalue weighted by Gasteiger charge is 2.63. The van der Waals surface area contributed by atoms with Crippen molar-refractivity contribution in [2.45, 2.75) is 12.1 Å². The van der Waals surface area contributed by atoms with Gasteiger partial charge in [0.15, 0.2) is 0 Å². The van der Waals surface area contributed by atoms with Gasteiger partial charge in [-0.2, -0.15) is 22.0 Å². The van der Waals surface area contributed by atoms with Crippen LogP contribution in [0.15, 0.2) is 24.7 Å². The van der Waals surface area contributed by atoms with Gasteiger partial charge in [-0.3, -0.25) is 9.78 Å². The minimum atomic E-state index is -5.92. The number of Topliss-reactive ketones (excluding diaryl/α,β-unsaturated/α-hetero) is 1. The van der Waals surface area contributed by atoms with Crippen LogP contribution in [0.1, 0.15) is 10.4 Å². The Hall–Kier alpha value is -1.99. The molecule has 2 heterocycles. The number of rotatable bonds is 2. The third-order valence-electron chi connectivity index (χ3n) is 2.37. The molecule has 0 fully saturated rings. The first-order chi connectivity index (χ1) is 8.25. The molecule has 0 saturated carbocycles. The molecule has 2 aromatic rings. The van der Waals surface area contributed by atoms with E-state index in [9.17, 15) is 26.7 Å². The molecular weight excluding hydrogens is 259 g/mol. The molecule has 0 atom stereocenters. The molecule has 0 saturated heterocycles. The zero-order valence-corrected chi connectivity index (χ0v) is 8.55. The Balaban J connectivity index is 2.53. The molecule has 0 bridgehead atoms. The normalized spacial score (nSPS) is 12.9. The number of carbonyl (C=O) groups is 1. The summed E-state index contributed by atoms with van der Waals surface area (Å²) in [6.45, 7) is 0. The number of nitrogens with one attached hydrogen (secondary N) is 1. The van der Waals surface area contributed by atoms with Crippen molar-refractivity contribution in [3.63, 3.8) is 0 Å². The minimum Gasteiger partial charge on any atom is -0.360 e. The van der Waals surface area contributed by atoms with Crippen LogP contribution < -0.4 is 0 Å². The summed E-state index contributed by atoms with van der Waals surface area (Å²) in [5.41, 5.74) is -0.480. The van der Waals surface area contributed by atoms with Crippen molar-refractivity contribution in [3.05, 3.63) is 30.2 Å². The van der Waals surface area contributed by atoms with Crippen molar-refractivity contribution in [3.8, 4) is 0 Å². The molecule has 1 N–H and O–H groups in total. The predicted octanol–water partition coefficient (Wildman–Crippen LogP) is 2.94. The van der Waals surface area contributed by atoms with Gasteiger partial charge in [0.25, 0.3) is 0 Å². The van der Waals surface area contributed by atoms with Crippen LogP contribution in [-0.2, 0) is 0 Å². The van der Waals surface area contributed by atoms with E-state index >= 15 is 0 Å². The van der Waals surface area contributed by atoms with E-state index in [1.165, 1.54) is 12.3 Å². The molecule has 0 aliphatic heterocycles. The van der Waals surface area contributed by atoms with E-state index in [0.717, 1.165) is 12.4 Å². The van der Waals surface area contributed by atoms with Crippen molar-refractivity contribution in [1.29, 1.82) is 0 Å². The van der Waals surface area contributed by atoms with Crippen LogP contribution >= 0.6 is 0 Å². The topological polar surface area (TPSA) is 45.8 Å². The van der Waals surface area contributed by atoms with E-state index in [4.69, 9.17) is 0 Å². The van der Waals surface area contributed by atoms with Crippen molar-refractivity contribution >= 4 is 16.7 Å². The molecule has 96 valence electrons. The summed E-state index contributed by atoms with van der Waals surface area (Å²) < 4.78 is 62.1. The molecule has 0 aliphatic rings. The number of halogens is 5. The molecule has 2 aromatic heterocycles. The number of hydrogen-bond donors (Lipinski definition) is 1. The summed E-state index contributed by atoms with van der Waals surface area (Å²) in [4.78, 5) is 17.3. The lowest BCUT2D eigenvalue weighted by Crippen LogP contribution is -2.44. The Bertz CT molecular complexity index is 602. The first-order valence-electron chi connectivity index (χ1n) is 4.65. The smallest absolute Gasteiger partial charge is 0.360 e. The number of hydrogen-bond acceptors (Lipinski definition) is 2. The summed E-state index contributed by atoms with van der Waals surface area (Å²) in [5.74, 6) is -7.72. The fourth-order valence-corrected chi connectivity index (χ4v) is 1.45. The molecule has 8 heteroatoms. The number of aromatic amines is 1. The maximum absolute atomic E-state index is 12.9. The van der Waals surface area contributed by atoms with Crippen LogP contribution in [0.2, 0.25) is 0 Å². The lowest BCUT2D eigenvalue weighted by Gasteiger charge is -2.17. The Morgan fingerprint density at radius 3 is 2.50 bits per heavy atom. The SMILES string of the molecule is O=C(c1c[nH]c2ccncc12)C(F)(F)C(F)(F)F. The van der Waals surface area contributed by atoms with Crippen LogP contribution in [-0.4, -0.2) is 27.9 Å². The molecule has 18 heavy (non-hydrogen) atoms. The van der Waals surface area contributed by atoms with Gasteiger partial charge in [0, 0.05) is 29.5 Å². The van der Waals surface area contributed by atoms with E-state index in [1.54, 1.807) is 0 Å². The number of pyridine rings is 1. The third-order valence-corrected chi connectivity index (χ3v) is 2.37. The van der Waals surface area contributed by atoms with Crippen LogP contribution in [0.4, 0.5) is 22.0 Å². The molecular formula is C10H5F5N2O. The standard InChI is InChI=1S/C10H5F5N2O/c11-9(12,10(13,14)15)8(18)6-4-17-7-1-2-16-3-5(6)7/h1-4,17H. The lowest BCUT2D eigenvalue weighted by atomic mass is 10.1. The van der Waals surface area contributed by atoms with Crippen LogP contribution in [0.3, 0.4) is 0 Å². The third kappa shape index (κ3) is 1.73. The second-order valence-electron chi connectivity index (χ2n) is 3.52. The average Bonchev–Trinajstić information content (AvgIpc) is 2.70. The number of alkyl halides is 5. The van der Waals surface area contributed by atoms with Gasteiger partial charge in [-0.15, -0.1) is 0 Å². The lowest BCUT2D eigenvalue weighted by molar-refractivity contribution is -0.255. The van der Waals surface area contributed by atoms with Gasteiger partial charge < -0.3 is 4.98 Å². The number of ketones is 1. The fourth-order valence-electron chi connectivity index (χ4n) is 1.45. The minimum absolute atomic E-state index is 0.0774. The number of aromatic nitrogens is 2. The number of fused-ring (bicyclic) bond motifs is 1.